The summed E-state index contributed by atoms with van der Waals surface area (Å²) in [5, 5.41) is 27.9. The van der Waals surface area contributed by atoms with E-state index in [9.17, 15) is 13.9 Å². The predicted octanol–water partition coefficient (Wildman–Crippen LogP) is 3.08. The molecule has 10 nitrogen and oxygen atoms in total. The first-order valence-electron chi connectivity index (χ1n) is 14.3. The lowest BCUT2D eigenvalue weighted by molar-refractivity contribution is -0.00980. The standard InChI is InChI=1S/C31H33F2N9O/c32-26-11-12-27(28(33)19-26)31(43,20-41-23-34-22-35-41)21-42-29(36-37-38-42)13-14-39-15-17-40(18-16-39)30(24-7-3-1-4-8-24)25-9-5-2-6-10-25/h1-12,19,22-23,30,43H,13-18,20-21H2. The minimum Gasteiger partial charge on any atom is -0.381 e. The Labute approximate surface area is 248 Å². The summed E-state index contributed by atoms with van der Waals surface area (Å²) in [4.78, 5) is 8.81. The monoisotopic (exact) mass is 585 g/mol. The van der Waals surface area contributed by atoms with Gasteiger partial charge < -0.3 is 10.0 Å². The Morgan fingerprint density at radius 2 is 1.56 bits per heavy atom. The van der Waals surface area contributed by atoms with E-state index in [2.05, 4.69) is 83.9 Å². The Morgan fingerprint density at radius 3 is 2.19 bits per heavy atom. The van der Waals surface area contributed by atoms with Crippen LogP contribution in [-0.2, 0) is 25.1 Å². The Kier molecular flexibility index (Phi) is 8.59. The van der Waals surface area contributed by atoms with Gasteiger partial charge in [0, 0.05) is 50.8 Å². The average Bonchev–Trinajstić information content (AvgIpc) is 3.70. The van der Waals surface area contributed by atoms with Crippen LogP contribution in [0.2, 0.25) is 0 Å². The fraction of sp³-hybridized carbons (Fsp3) is 0.323. The van der Waals surface area contributed by atoms with Gasteiger partial charge in [0.1, 0.15) is 29.9 Å². The molecule has 1 aliphatic rings. The molecule has 6 rings (SSSR count). The molecule has 0 spiro atoms. The van der Waals surface area contributed by atoms with E-state index in [1.165, 1.54) is 39.2 Å². The van der Waals surface area contributed by atoms with Crippen LogP contribution in [-0.4, -0.2) is 82.6 Å². The minimum absolute atomic E-state index is 0.0756. The number of hydrogen-bond donors (Lipinski definition) is 1. The minimum atomic E-state index is -1.81. The van der Waals surface area contributed by atoms with Gasteiger partial charge in [-0.3, -0.25) is 4.90 Å². The first-order valence-corrected chi connectivity index (χ1v) is 14.3. The van der Waals surface area contributed by atoms with E-state index in [0.717, 1.165) is 44.9 Å². The smallest absolute Gasteiger partial charge is 0.152 e. The van der Waals surface area contributed by atoms with Crippen LogP contribution in [0, 0.1) is 11.6 Å². The van der Waals surface area contributed by atoms with Gasteiger partial charge in [0.15, 0.2) is 5.82 Å². The SMILES string of the molecule is OC(Cn1cncn1)(Cn1nnnc1CCN1CCN(C(c2ccccc2)c2ccccc2)CC1)c1ccc(F)cc1F. The molecule has 1 saturated heterocycles. The van der Waals surface area contributed by atoms with E-state index < -0.39 is 17.2 Å². The fourth-order valence-corrected chi connectivity index (χ4v) is 5.83. The second-order valence-electron chi connectivity index (χ2n) is 10.9. The summed E-state index contributed by atoms with van der Waals surface area (Å²) in [6.07, 6.45) is 3.29. The van der Waals surface area contributed by atoms with Crippen LogP contribution in [0.1, 0.15) is 28.6 Å². The van der Waals surface area contributed by atoms with Crippen molar-refractivity contribution in [3.63, 3.8) is 0 Å². The molecule has 43 heavy (non-hydrogen) atoms. The van der Waals surface area contributed by atoms with Crippen LogP contribution in [0.4, 0.5) is 8.78 Å². The molecular weight excluding hydrogens is 552 g/mol. The van der Waals surface area contributed by atoms with Crippen molar-refractivity contribution in [2.45, 2.75) is 31.2 Å². The number of aliphatic hydroxyl groups is 1. The first-order chi connectivity index (χ1) is 21.0. The van der Waals surface area contributed by atoms with Gasteiger partial charge in [-0.05, 0) is 27.6 Å². The summed E-state index contributed by atoms with van der Waals surface area (Å²) < 4.78 is 31.4. The maximum atomic E-state index is 14.9. The second-order valence-corrected chi connectivity index (χ2v) is 10.9. The first kappa shape index (κ1) is 28.7. The summed E-state index contributed by atoms with van der Waals surface area (Å²) in [6, 6.07) is 24.5. The third-order valence-corrected chi connectivity index (χ3v) is 7.99. The van der Waals surface area contributed by atoms with Gasteiger partial charge in [0.25, 0.3) is 0 Å². The highest BCUT2D eigenvalue weighted by Gasteiger charge is 2.36. The summed E-state index contributed by atoms with van der Waals surface area (Å²) in [5.41, 5.74) is 0.661. The molecule has 1 atom stereocenters. The molecule has 5 aromatic rings. The Hall–Kier alpha value is -4.39. The lowest BCUT2D eigenvalue weighted by atomic mass is 9.92. The van der Waals surface area contributed by atoms with Crippen LogP contribution in [0.15, 0.2) is 91.5 Å². The topological polar surface area (TPSA) is 101 Å². The highest BCUT2D eigenvalue weighted by Crippen LogP contribution is 2.30. The molecule has 0 saturated carbocycles. The molecule has 1 N–H and O–H groups in total. The fourth-order valence-electron chi connectivity index (χ4n) is 5.83. The van der Waals surface area contributed by atoms with Gasteiger partial charge in [0.05, 0.1) is 19.1 Å². The zero-order valence-corrected chi connectivity index (χ0v) is 23.6. The zero-order chi connectivity index (χ0) is 29.6. The van der Waals surface area contributed by atoms with Gasteiger partial charge in [-0.15, -0.1) is 5.10 Å². The van der Waals surface area contributed by atoms with Crippen LogP contribution in [0.3, 0.4) is 0 Å². The lowest BCUT2D eigenvalue weighted by Crippen LogP contribution is -2.48. The van der Waals surface area contributed by atoms with E-state index in [1.807, 2.05) is 12.1 Å². The van der Waals surface area contributed by atoms with Crippen molar-refractivity contribution in [3.05, 3.63) is 126 Å². The summed E-state index contributed by atoms with van der Waals surface area (Å²) in [6.45, 7) is 4.02. The average molecular weight is 586 g/mol. The van der Waals surface area contributed by atoms with E-state index in [4.69, 9.17) is 0 Å². The van der Waals surface area contributed by atoms with Crippen LogP contribution < -0.4 is 0 Å². The molecule has 3 heterocycles. The number of rotatable bonds is 11. The molecule has 2 aromatic heterocycles. The summed E-state index contributed by atoms with van der Waals surface area (Å²) in [5.74, 6) is -1.03. The van der Waals surface area contributed by atoms with Crippen molar-refractivity contribution in [2.75, 3.05) is 32.7 Å². The van der Waals surface area contributed by atoms with E-state index >= 15 is 0 Å². The van der Waals surface area contributed by atoms with Crippen molar-refractivity contribution in [1.29, 1.82) is 0 Å². The van der Waals surface area contributed by atoms with Gasteiger partial charge in [-0.25, -0.2) is 23.1 Å². The van der Waals surface area contributed by atoms with Gasteiger partial charge in [-0.2, -0.15) is 5.10 Å². The van der Waals surface area contributed by atoms with Crippen molar-refractivity contribution < 1.29 is 13.9 Å². The summed E-state index contributed by atoms with van der Waals surface area (Å²) in [7, 11) is 0. The van der Waals surface area contributed by atoms with Crippen molar-refractivity contribution >= 4 is 0 Å². The molecule has 1 fully saturated rings. The third-order valence-electron chi connectivity index (χ3n) is 7.99. The zero-order valence-electron chi connectivity index (χ0n) is 23.6. The van der Waals surface area contributed by atoms with Gasteiger partial charge in [-0.1, -0.05) is 66.7 Å². The van der Waals surface area contributed by atoms with E-state index in [1.54, 1.807) is 0 Å². The number of hydrogen-bond acceptors (Lipinski definition) is 8. The van der Waals surface area contributed by atoms with Crippen LogP contribution in [0.5, 0.6) is 0 Å². The predicted molar refractivity (Wildman–Crippen MR) is 155 cm³/mol. The molecule has 0 radical (unpaired) electrons. The lowest BCUT2D eigenvalue weighted by Gasteiger charge is -2.39. The molecule has 3 aromatic carbocycles. The second kappa shape index (κ2) is 12.9. The van der Waals surface area contributed by atoms with Crippen molar-refractivity contribution in [3.8, 4) is 0 Å². The Balaban J connectivity index is 1.12. The van der Waals surface area contributed by atoms with Crippen molar-refractivity contribution in [1.82, 2.24) is 44.8 Å². The number of piperazine rings is 1. The molecular formula is C31H33F2N9O. The molecule has 1 aliphatic heterocycles. The van der Waals surface area contributed by atoms with E-state index in [0.29, 0.717) is 12.2 Å². The molecule has 1 unspecified atom stereocenters. The largest absolute Gasteiger partial charge is 0.381 e. The highest BCUT2D eigenvalue weighted by molar-refractivity contribution is 5.32. The molecule has 0 bridgehead atoms. The number of tetrazole rings is 1. The maximum Gasteiger partial charge on any atom is 0.152 e. The number of nitrogens with zero attached hydrogens (tertiary/aromatic N) is 9. The molecule has 12 heteroatoms. The number of benzene rings is 3. The van der Waals surface area contributed by atoms with Crippen LogP contribution in [0.25, 0.3) is 0 Å². The maximum absolute atomic E-state index is 14.9. The normalized spacial score (nSPS) is 16.0. The summed E-state index contributed by atoms with van der Waals surface area (Å²) >= 11 is 0. The molecule has 222 valence electrons. The number of aromatic nitrogens is 7. The Morgan fingerprint density at radius 1 is 0.860 bits per heavy atom. The molecule has 0 aliphatic carbocycles. The quantitative estimate of drug-likeness (QED) is 0.253. The van der Waals surface area contributed by atoms with Gasteiger partial charge >= 0.3 is 0 Å². The third kappa shape index (κ3) is 6.66. The highest BCUT2D eigenvalue weighted by atomic mass is 19.1. The van der Waals surface area contributed by atoms with Crippen LogP contribution >= 0.6 is 0 Å². The van der Waals surface area contributed by atoms with Crippen molar-refractivity contribution in [2.24, 2.45) is 0 Å². The Bertz CT molecular complexity index is 1550. The van der Waals surface area contributed by atoms with E-state index in [-0.39, 0.29) is 24.7 Å². The van der Waals surface area contributed by atoms with Gasteiger partial charge in [0.2, 0.25) is 0 Å². The number of halogens is 2. The molecule has 0 amide bonds.